The summed E-state index contributed by atoms with van der Waals surface area (Å²) in [6.07, 6.45) is 0.665. The number of nitrogens with zero attached hydrogens (tertiary/aromatic N) is 1. The quantitative estimate of drug-likeness (QED) is 0.848. The van der Waals surface area contributed by atoms with Crippen LogP contribution >= 0.6 is 0 Å². The van der Waals surface area contributed by atoms with Crippen LogP contribution in [-0.4, -0.2) is 42.0 Å². The lowest BCUT2D eigenvalue weighted by molar-refractivity contribution is -0.144. The van der Waals surface area contributed by atoms with Crippen LogP contribution in [0.4, 0.5) is 0 Å². The highest BCUT2D eigenvalue weighted by Crippen LogP contribution is 2.21. The van der Waals surface area contributed by atoms with E-state index in [0.29, 0.717) is 25.2 Å². The smallest absolute Gasteiger partial charge is 0.310 e. The molecule has 104 valence electrons. The molecule has 1 amide bonds. The van der Waals surface area contributed by atoms with Crippen LogP contribution in [0.5, 0.6) is 0 Å². The Labute approximate surface area is 116 Å². The number of methoxy groups -OCH3 is 1. The minimum absolute atomic E-state index is 0.0624. The van der Waals surface area contributed by atoms with E-state index in [1.807, 2.05) is 30.3 Å². The number of esters is 1. The highest BCUT2D eigenvalue weighted by Gasteiger charge is 2.32. The van der Waals surface area contributed by atoms with Gasteiger partial charge in [-0.15, -0.1) is 0 Å². The minimum atomic E-state index is -0.239. The molecule has 5 nitrogen and oxygen atoms in total. The molecule has 2 aromatic rings. The van der Waals surface area contributed by atoms with Gasteiger partial charge in [0.2, 0.25) is 0 Å². The summed E-state index contributed by atoms with van der Waals surface area (Å²) in [4.78, 5) is 28.7. The minimum Gasteiger partial charge on any atom is -0.469 e. The third-order valence-electron chi connectivity index (χ3n) is 3.77. The molecule has 1 N–H and O–H groups in total. The first kappa shape index (κ1) is 12.7. The van der Waals surface area contributed by atoms with Gasteiger partial charge in [-0.25, -0.2) is 0 Å². The average Bonchev–Trinajstić information content (AvgIpc) is 3.12. The molecule has 1 unspecified atom stereocenters. The molecule has 0 saturated carbocycles. The zero-order valence-electron chi connectivity index (χ0n) is 11.3. The SMILES string of the molecule is COC(=O)C1CCN(C(=O)c2cc3ccccc3[nH]2)C1. The molecule has 0 bridgehead atoms. The highest BCUT2D eigenvalue weighted by molar-refractivity contribution is 5.98. The van der Waals surface area contributed by atoms with Gasteiger partial charge < -0.3 is 14.6 Å². The molecular weight excluding hydrogens is 256 g/mol. The number of carbonyl (C=O) groups excluding carboxylic acids is 2. The summed E-state index contributed by atoms with van der Waals surface area (Å²) in [5.41, 5.74) is 1.51. The van der Waals surface area contributed by atoms with Crippen molar-refractivity contribution in [3.05, 3.63) is 36.0 Å². The summed E-state index contributed by atoms with van der Waals surface area (Å²) in [6, 6.07) is 9.62. The fourth-order valence-corrected chi connectivity index (χ4v) is 2.66. The number of fused-ring (bicyclic) bond motifs is 1. The predicted molar refractivity (Wildman–Crippen MR) is 74.3 cm³/mol. The normalized spacial score (nSPS) is 18.4. The summed E-state index contributed by atoms with van der Waals surface area (Å²) in [6.45, 7) is 1.02. The van der Waals surface area contributed by atoms with Crippen molar-refractivity contribution in [2.24, 2.45) is 5.92 Å². The molecule has 1 atom stereocenters. The van der Waals surface area contributed by atoms with Gasteiger partial charge in [0.05, 0.1) is 13.0 Å². The van der Waals surface area contributed by atoms with E-state index >= 15 is 0 Å². The van der Waals surface area contributed by atoms with Crippen LogP contribution in [0.25, 0.3) is 10.9 Å². The zero-order chi connectivity index (χ0) is 14.1. The van der Waals surface area contributed by atoms with Crippen LogP contribution < -0.4 is 0 Å². The molecule has 1 aliphatic rings. The number of aromatic amines is 1. The van der Waals surface area contributed by atoms with Gasteiger partial charge in [-0.05, 0) is 18.6 Å². The van der Waals surface area contributed by atoms with Crippen molar-refractivity contribution in [2.45, 2.75) is 6.42 Å². The highest BCUT2D eigenvalue weighted by atomic mass is 16.5. The van der Waals surface area contributed by atoms with Gasteiger partial charge in [-0.3, -0.25) is 9.59 Å². The Morgan fingerprint density at radius 2 is 2.15 bits per heavy atom. The molecule has 2 heterocycles. The van der Waals surface area contributed by atoms with Gasteiger partial charge in [-0.1, -0.05) is 18.2 Å². The van der Waals surface area contributed by atoms with E-state index in [0.717, 1.165) is 10.9 Å². The molecule has 1 aliphatic heterocycles. The Kier molecular flexibility index (Phi) is 3.18. The van der Waals surface area contributed by atoms with Crippen molar-refractivity contribution in [3.63, 3.8) is 0 Å². The predicted octanol–water partition coefficient (Wildman–Crippen LogP) is 1.80. The van der Waals surface area contributed by atoms with Crippen molar-refractivity contribution >= 4 is 22.8 Å². The molecular formula is C15H16N2O3. The molecule has 0 spiro atoms. The van der Waals surface area contributed by atoms with Gasteiger partial charge >= 0.3 is 5.97 Å². The number of benzene rings is 1. The lowest BCUT2D eigenvalue weighted by atomic mass is 10.1. The fraction of sp³-hybridized carbons (Fsp3) is 0.333. The van der Waals surface area contributed by atoms with E-state index in [1.54, 1.807) is 4.90 Å². The third-order valence-corrected chi connectivity index (χ3v) is 3.77. The number of likely N-dealkylation sites (tertiary alicyclic amines) is 1. The lowest BCUT2D eigenvalue weighted by Gasteiger charge is -2.14. The number of amides is 1. The van der Waals surface area contributed by atoms with Gasteiger partial charge in [0.15, 0.2) is 0 Å². The van der Waals surface area contributed by atoms with Crippen molar-refractivity contribution < 1.29 is 14.3 Å². The Morgan fingerprint density at radius 1 is 1.35 bits per heavy atom. The van der Waals surface area contributed by atoms with Gasteiger partial charge in [-0.2, -0.15) is 0 Å². The molecule has 5 heteroatoms. The number of hydrogen-bond donors (Lipinski definition) is 1. The second-order valence-electron chi connectivity index (χ2n) is 5.03. The van der Waals surface area contributed by atoms with Crippen LogP contribution in [-0.2, 0) is 9.53 Å². The maximum atomic E-state index is 12.4. The van der Waals surface area contributed by atoms with E-state index in [9.17, 15) is 9.59 Å². The number of nitrogens with one attached hydrogen (secondary N) is 1. The average molecular weight is 272 g/mol. The molecule has 20 heavy (non-hydrogen) atoms. The number of ether oxygens (including phenoxy) is 1. The Balaban J connectivity index is 1.78. The van der Waals surface area contributed by atoms with E-state index in [-0.39, 0.29) is 17.8 Å². The van der Waals surface area contributed by atoms with E-state index in [1.165, 1.54) is 7.11 Å². The first-order valence-corrected chi connectivity index (χ1v) is 6.64. The molecule has 1 aromatic carbocycles. The molecule has 1 saturated heterocycles. The summed E-state index contributed by atoms with van der Waals surface area (Å²) >= 11 is 0. The summed E-state index contributed by atoms with van der Waals surface area (Å²) in [7, 11) is 1.38. The number of carbonyl (C=O) groups is 2. The standard InChI is InChI=1S/C15H16N2O3/c1-20-15(19)11-6-7-17(9-11)14(18)13-8-10-4-2-3-5-12(10)16-13/h2-5,8,11,16H,6-7,9H2,1H3. The zero-order valence-corrected chi connectivity index (χ0v) is 11.3. The van der Waals surface area contributed by atoms with Crippen LogP contribution in [0.15, 0.2) is 30.3 Å². The first-order chi connectivity index (χ1) is 9.69. The first-order valence-electron chi connectivity index (χ1n) is 6.64. The molecule has 0 aliphatic carbocycles. The van der Waals surface area contributed by atoms with Crippen molar-refractivity contribution in [1.29, 1.82) is 0 Å². The Bertz CT molecular complexity index is 629. The molecule has 0 radical (unpaired) electrons. The van der Waals surface area contributed by atoms with E-state index in [2.05, 4.69) is 4.98 Å². The number of hydrogen-bond acceptors (Lipinski definition) is 3. The van der Waals surface area contributed by atoms with Gasteiger partial charge in [0.1, 0.15) is 5.69 Å². The third kappa shape index (κ3) is 2.15. The van der Waals surface area contributed by atoms with Crippen LogP contribution in [0.3, 0.4) is 0 Å². The van der Waals surface area contributed by atoms with Gasteiger partial charge in [0.25, 0.3) is 5.91 Å². The van der Waals surface area contributed by atoms with Crippen LogP contribution in [0, 0.1) is 5.92 Å². The lowest BCUT2D eigenvalue weighted by Crippen LogP contribution is -2.30. The van der Waals surface area contributed by atoms with E-state index < -0.39 is 0 Å². The molecule has 1 fully saturated rings. The maximum Gasteiger partial charge on any atom is 0.310 e. The van der Waals surface area contributed by atoms with Crippen molar-refractivity contribution in [2.75, 3.05) is 20.2 Å². The monoisotopic (exact) mass is 272 g/mol. The Hall–Kier alpha value is -2.30. The van der Waals surface area contributed by atoms with E-state index in [4.69, 9.17) is 4.74 Å². The maximum absolute atomic E-state index is 12.4. The Morgan fingerprint density at radius 3 is 2.90 bits per heavy atom. The second-order valence-corrected chi connectivity index (χ2v) is 5.03. The number of para-hydroxylation sites is 1. The van der Waals surface area contributed by atoms with Gasteiger partial charge in [0, 0.05) is 24.0 Å². The summed E-state index contributed by atoms with van der Waals surface area (Å²) in [5, 5.41) is 1.01. The fourth-order valence-electron chi connectivity index (χ4n) is 2.66. The number of H-pyrrole nitrogens is 1. The van der Waals surface area contributed by atoms with Crippen LogP contribution in [0.2, 0.25) is 0 Å². The second kappa shape index (κ2) is 5.00. The largest absolute Gasteiger partial charge is 0.469 e. The topological polar surface area (TPSA) is 62.4 Å². The molecule has 1 aromatic heterocycles. The molecule has 3 rings (SSSR count). The van der Waals surface area contributed by atoms with Crippen molar-refractivity contribution in [3.8, 4) is 0 Å². The van der Waals surface area contributed by atoms with Crippen molar-refractivity contribution in [1.82, 2.24) is 9.88 Å². The number of rotatable bonds is 2. The summed E-state index contributed by atoms with van der Waals surface area (Å²) < 4.78 is 4.73. The number of aromatic nitrogens is 1. The summed E-state index contributed by atoms with van der Waals surface area (Å²) in [5.74, 6) is -0.502. The van der Waals surface area contributed by atoms with Crippen LogP contribution in [0.1, 0.15) is 16.9 Å².